The van der Waals surface area contributed by atoms with E-state index in [-0.39, 0.29) is 6.04 Å². The van der Waals surface area contributed by atoms with Gasteiger partial charge in [-0.1, -0.05) is 5.16 Å². The molecule has 0 aromatic carbocycles. The third kappa shape index (κ3) is 1.79. The van der Waals surface area contributed by atoms with E-state index in [4.69, 9.17) is 5.73 Å². The second-order valence-corrected chi connectivity index (χ2v) is 4.29. The van der Waals surface area contributed by atoms with E-state index in [2.05, 4.69) is 30.6 Å². The van der Waals surface area contributed by atoms with Gasteiger partial charge in [-0.25, -0.2) is 0 Å². The van der Waals surface area contributed by atoms with Gasteiger partial charge in [0.15, 0.2) is 5.82 Å². The molecule has 2 aromatic heterocycles. The quantitative estimate of drug-likeness (QED) is 0.896. The van der Waals surface area contributed by atoms with Crippen molar-refractivity contribution in [2.75, 3.05) is 0 Å². The summed E-state index contributed by atoms with van der Waals surface area (Å²) in [5.41, 5.74) is 5.88. The molecule has 2 heterocycles. The lowest BCUT2D eigenvalue weighted by atomic mass is 10.2. The topological polar surface area (TPSA) is 64.9 Å². The van der Waals surface area contributed by atoms with Crippen molar-refractivity contribution in [2.24, 2.45) is 5.73 Å². The average molecular weight is 260 g/mol. The molecule has 0 aliphatic carbocycles. The van der Waals surface area contributed by atoms with Crippen molar-refractivity contribution in [3.63, 3.8) is 0 Å². The van der Waals surface area contributed by atoms with Gasteiger partial charge < -0.3 is 10.3 Å². The number of aromatic nitrogens is 2. The molecule has 0 amide bonds. The molecule has 0 fully saturated rings. The van der Waals surface area contributed by atoms with Crippen molar-refractivity contribution >= 4 is 27.3 Å². The van der Waals surface area contributed by atoms with Gasteiger partial charge in [0.05, 0.1) is 0 Å². The highest BCUT2D eigenvalue weighted by Gasteiger charge is 2.14. The van der Waals surface area contributed by atoms with Crippen LogP contribution in [0.2, 0.25) is 0 Å². The zero-order chi connectivity index (χ0) is 9.26. The number of rotatable bonds is 2. The first-order valence-corrected chi connectivity index (χ1v) is 5.20. The fraction of sp³-hybridized carbons (Fsp3) is 0.143. The van der Waals surface area contributed by atoms with Gasteiger partial charge >= 0.3 is 0 Å². The van der Waals surface area contributed by atoms with Crippen molar-refractivity contribution in [2.45, 2.75) is 6.04 Å². The average Bonchev–Trinajstić information content (AvgIpc) is 2.72. The Kier molecular flexibility index (Phi) is 2.43. The molecule has 2 aromatic rings. The maximum Gasteiger partial charge on any atom is 0.213 e. The standard InChI is InChI=1S/C7H6BrN3OS/c8-4-1-5(13-2-4)6(9)7-10-3-12-11-7/h1-3,6H,9H2. The molecule has 0 saturated carbocycles. The number of halogens is 1. The first-order valence-electron chi connectivity index (χ1n) is 3.53. The van der Waals surface area contributed by atoms with E-state index in [9.17, 15) is 0 Å². The van der Waals surface area contributed by atoms with E-state index in [0.717, 1.165) is 9.35 Å². The lowest BCUT2D eigenvalue weighted by Gasteiger charge is -2.01. The van der Waals surface area contributed by atoms with Crippen LogP contribution in [0.4, 0.5) is 0 Å². The molecule has 1 unspecified atom stereocenters. The van der Waals surface area contributed by atoms with Crippen LogP contribution in [0.3, 0.4) is 0 Å². The highest BCUT2D eigenvalue weighted by Crippen LogP contribution is 2.26. The fourth-order valence-corrected chi connectivity index (χ4v) is 2.38. The predicted octanol–water partition coefficient (Wildman–Crippen LogP) is 1.94. The minimum atomic E-state index is -0.296. The largest absolute Gasteiger partial charge is 0.343 e. The zero-order valence-electron chi connectivity index (χ0n) is 6.48. The Morgan fingerprint density at radius 1 is 1.62 bits per heavy atom. The van der Waals surface area contributed by atoms with Gasteiger partial charge in [-0.05, 0) is 22.0 Å². The fourth-order valence-electron chi connectivity index (χ4n) is 0.934. The van der Waals surface area contributed by atoms with Gasteiger partial charge in [0.2, 0.25) is 6.39 Å². The van der Waals surface area contributed by atoms with Crippen molar-refractivity contribution in [3.05, 3.63) is 33.0 Å². The molecule has 2 N–H and O–H groups in total. The van der Waals surface area contributed by atoms with Crippen LogP contribution in [0.15, 0.2) is 26.8 Å². The Balaban J connectivity index is 2.28. The SMILES string of the molecule is NC(c1ncon1)c1cc(Br)cs1. The van der Waals surface area contributed by atoms with Gasteiger partial charge in [-0.15, -0.1) is 11.3 Å². The van der Waals surface area contributed by atoms with Crippen LogP contribution >= 0.6 is 27.3 Å². The monoisotopic (exact) mass is 259 g/mol. The summed E-state index contributed by atoms with van der Waals surface area (Å²) in [6.07, 6.45) is 1.28. The first kappa shape index (κ1) is 8.86. The van der Waals surface area contributed by atoms with E-state index in [0.29, 0.717) is 5.82 Å². The third-order valence-corrected chi connectivity index (χ3v) is 3.33. The molecule has 13 heavy (non-hydrogen) atoms. The van der Waals surface area contributed by atoms with Gasteiger partial charge in [-0.2, -0.15) is 4.98 Å². The van der Waals surface area contributed by atoms with Gasteiger partial charge in [0, 0.05) is 14.7 Å². The number of thiophene rings is 1. The minimum Gasteiger partial charge on any atom is -0.343 e. The summed E-state index contributed by atoms with van der Waals surface area (Å²) >= 11 is 4.92. The summed E-state index contributed by atoms with van der Waals surface area (Å²) in [5, 5.41) is 5.65. The number of hydrogen-bond acceptors (Lipinski definition) is 5. The second-order valence-electron chi connectivity index (χ2n) is 2.43. The van der Waals surface area contributed by atoms with Crippen LogP contribution in [0.5, 0.6) is 0 Å². The maximum absolute atomic E-state index is 5.88. The highest BCUT2D eigenvalue weighted by molar-refractivity contribution is 9.10. The van der Waals surface area contributed by atoms with E-state index in [1.807, 2.05) is 11.4 Å². The Bertz CT molecular complexity index is 386. The molecule has 1 atom stereocenters. The third-order valence-electron chi connectivity index (χ3n) is 1.55. The van der Waals surface area contributed by atoms with Gasteiger partial charge in [0.1, 0.15) is 6.04 Å². The molecule has 0 aliphatic rings. The van der Waals surface area contributed by atoms with Crippen LogP contribution in [0.25, 0.3) is 0 Å². The molecule has 0 saturated heterocycles. The molecular formula is C7H6BrN3OS. The predicted molar refractivity (Wildman–Crippen MR) is 52.3 cm³/mol. The molecular weight excluding hydrogens is 254 g/mol. The van der Waals surface area contributed by atoms with Crippen molar-refractivity contribution in [1.29, 1.82) is 0 Å². The Labute approximate surface area is 86.9 Å². The summed E-state index contributed by atoms with van der Waals surface area (Å²) in [7, 11) is 0. The Morgan fingerprint density at radius 2 is 2.46 bits per heavy atom. The lowest BCUT2D eigenvalue weighted by molar-refractivity contribution is 0.407. The molecule has 6 heteroatoms. The molecule has 0 radical (unpaired) electrons. The van der Waals surface area contributed by atoms with Crippen molar-refractivity contribution in [3.8, 4) is 0 Å². The van der Waals surface area contributed by atoms with E-state index in [1.165, 1.54) is 6.39 Å². The molecule has 0 aliphatic heterocycles. The molecule has 0 bridgehead atoms. The van der Waals surface area contributed by atoms with Crippen LogP contribution < -0.4 is 5.73 Å². The Hall–Kier alpha value is -0.720. The van der Waals surface area contributed by atoms with Crippen LogP contribution in [-0.4, -0.2) is 10.1 Å². The van der Waals surface area contributed by atoms with Gasteiger partial charge in [0.25, 0.3) is 0 Å². The van der Waals surface area contributed by atoms with Crippen LogP contribution in [0, 0.1) is 0 Å². The minimum absolute atomic E-state index is 0.296. The molecule has 2 rings (SSSR count). The first-order chi connectivity index (χ1) is 6.27. The summed E-state index contributed by atoms with van der Waals surface area (Å²) in [4.78, 5) is 4.90. The highest BCUT2D eigenvalue weighted by atomic mass is 79.9. The van der Waals surface area contributed by atoms with Crippen molar-refractivity contribution < 1.29 is 4.52 Å². The smallest absolute Gasteiger partial charge is 0.213 e. The van der Waals surface area contributed by atoms with E-state index >= 15 is 0 Å². The molecule has 4 nitrogen and oxygen atoms in total. The number of hydrogen-bond donors (Lipinski definition) is 1. The normalized spacial score (nSPS) is 13.1. The number of nitrogens with zero attached hydrogens (tertiary/aromatic N) is 2. The zero-order valence-corrected chi connectivity index (χ0v) is 8.88. The second kappa shape index (κ2) is 3.57. The summed E-state index contributed by atoms with van der Waals surface area (Å²) < 4.78 is 5.64. The number of nitrogens with two attached hydrogens (primary N) is 1. The lowest BCUT2D eigenvalue weighted by Crippen LogP contribution is -2.11. The summed E-state index contributed by atoms with van der Waals surface area (Å²) in [6, 6.07) is 1.65. The molecule has 68 valence electrons. The van der Waals surface area contributed by atoms with E-state index < -0.39 is 0 Å². The van der Waals surface area contributed by atoms with Crippen LogP contribution in [-0.2, 0) is 0 Å². The van der Waals surface area contributed by atoms with E-state index in [1.54, 1.807) is 11.3 Å². The Morgan fingerprint density at radius 3 is 3.00 bits per heavy atom. The van der Waals surface area contributed by atoms with Gasteiger partial charge in [-0.3, -0.25) is 0 Å². The summed E-state index contributed by atoms with van der Waals surface area (Å²) in [5.74, 6) is 0.509. The summed E-state index contributed by atoms with van der Waals surface area (Å²) in [6.45, 7) is 0. The van der Waals surface area contributed by atoms with Crippen molar-refractivity contribution in [1.82, 2.24) is 10.1 Å². The molecule has 0 spiro atoms. The maximum atomic E-state index is 5.88. The van der Waals surface area contributed by atoms with Crippen LogP contribution in [0.1, 0.15) is 16.7 Å².